The smallest absolute Gasteiger partial charge is 0.201 e. The minimum Gasteiger partial charge on any atom is -0.464 e. The van der Waals surface area contributed by atoms with E-state index in [1.54, 1.807) is 4.57 Å². The molecule has 2 N–H and O–H groups in total. The summed E-state index contributed by atoms with van der Waals surface area (Å²) in [6, 6.07) is 6.53. The first kappa shape index (κ1) is 12.0. The summed E-state index contributed by atoms with van der Waals surface area (Å²) >= 11 is 5.80. The number of benzene rings is 1. The molecule has 1 aromatic carbocycles. The van der Waals surface area contributed by atoms with E-state index >= 15 is 0 Å². The van der Waals surface area contributed by atoms with E-state index in [0.29, 0.717) is 23.5 Å². The molecule has 2 aromatic heterocycles. The summed E-state index contributed by atoms with van der Waals surface area (Å²) in [6.07, 6.45) is 0. The molecule has 0 aliphatic carbocycles. The number of fused-ring (bicyclic) bond motifs is 1. The van der Waals surface area contributed by atoms with Crippen molar-refractivity contribution in [3.05, 3.63) is 46.6 Å². The summed E-state index contributed by atoms with van der Waals surface area (Å²) in [7, 11) is 0. The summed E-state index contributed by atoms with van der Waals surface area (Å²) in [5.41, 5.74) is 7.01. The number of aromatic nitrogens is 2. The Morgan fingerprint density at radius 2 is 2.21 bits per heavy atom. The van der Waals surface area contributed by atoms with Crippen molar-refractivity contribution in [3.63, 3.8) is 0 Å². The lowest BCUT2D eigenvalue weighted by Gasteiger charge is -2.04. The van der Waals surface area contributed by atoms with Crippen LogP contribution in [0.3, 0.4) is 0 Å². The van der Waals surface area contributed by atoms with Crippen molar-refractivity contribution < 1.29 is 8.81 Å². The number of hydrogen-bond donors (Lipinski definition) is 1. The van der Waals surface area contributed by atoms with Crippen molar-refractivity contribution >= 4 is 28.6 Å². The second-order valence-electron chi connectivity index (χ2n) is 4.32. The van der Waals surface area contributed by atoms with Crippen molar-refractivity contribution in [1.82, 2.24) is 9.55 Å². The summed E-state index contributed by atoms with van der Waals surface area (Å²) in [4.78, 5) is 4.12. The summed E-state index contributed by atoms with van der Waals surface area (Å²) < 4.78 is 20.6. The molecule has 6 heteroatoms. The molecule has 0 saturated carbocycles. The highest BCUT2D eigenvalue weighted by Crippen LogP contribution is 2.25. The van der Waals surface area contributed by atoms with E-state index in [0.717, 1.165) is 11.5 Å². The van der Waals surface area contributed by atoms with Gasteiger partial charge in [0.1, 0.15) is 17.3 Å². The lowest BCUT2D eigenvalue weighted by Crippen LogP contribution is -2.03. The van der Waals surface area contributed by atoms with Gasteiger partial charge in [-0.25, -0.2) is 9.37 Å². The largest absolute Gasteiger partial charge is 0.464 e. The van der Waals surface area contributed by atoms with Crippen LogP contribution in [-0.2, 0) is 6.54 Å². The highest BCUT2D eigenvalue weighted by molar-refractivity contribution is 6.31. The first-order chi connectivity index (χ1) is 9.04. The van der Waals surface area contributed by atoms with Gasteiger partial charge in [0.05, 0.1) is 22.6 Å². The molecule has 3 rings (SSSR count). The van der Waals surface area contributed by atoms with Crippen molar-refractivity contribution in [2.24, 2.45) is 0 Å². The van der Waals surface area contributed by atoms with Gasteiger partial charge >= 0.3 is 0 Å². The topological polar surface area (TPSA) is 57.0 Å². The maximum Gasteiger partial charge on any atom is 0.201 e. The third-order valence-corrected chi connectivity index (χ3v) is 3.22. The minimum atomic E-state index is -0.507. The molecule has 0 spiro atoms. The molecule has 0 saturated heterocycles. The van der Waals surface area contributed by atoms with Gasteiger partial charge in [0.25, 0.3) is 0 Å². The number of rotatable bonds is 2. The number of nitrogen functional groups attached to an aromatic ring is 1. The second kappa shape index (κ2) is 4.28. The number of halogens is 2. The Morgan fingerprint density at radius 1 is 1.42 bits per heavy atom. The zero-order chi connectivity index (χ0) is 13.6. The third-order valence-electron chi connectivity index (χ3n) is 2.93. The Bertz CT molecular complexity index is 763. The summed E-state index contributed by atoms with van der Waals surface area (Å²) in [6.45, 7) is 2.29. The Morgan fingerprint density at radius 3 is 2.89 bits per heavy atom. The standard InChI is InChI=1S/C13H11ClFN3O/c1-7-2-3-8(19-7)6-18-12-4-9(14)10(15)5-11(12)17-13(18)16/h2-5H,6H2,1H3,(H2,16,17). The predicted octanol–water partition coefficient (Wildman–Crippen LogP) is 3.36. The number of nitrogens with two attached hydrogens (primary N) is 1. The van der Waals surface area contributed by atoms with Crippen molar-refractivity contribution in [3.8, 4) is 0 Å². The van der Waals surface area contributed by atoms with Crippen LogP contribution in [0.15, 0.2) is 28.7 Å². The first-order valence-electron chi connectivity index (χ1n) is 5.70. The monoisotopic (exact) mass is 279 g/mol. The van der Waals surface area contributed by atoms with Gasteiger partial charge in [-0.1, -0.05) is 11.6 Å². The van der Waals surface area contributed by atoms with Crippen LogP contribution in [0.1, 0.15) is 11.5 Å². The van der Waals surface area contributed by atoms with Gasteiger partial charge < -0.3 is 14.7 Å². The lowest BCUT2D eigenvalue weighted by atomic mass is 10.3. The molecule has 0 unspecified atom stereocenters. The predicted molar refractivity (Wildman–Crippen MR) is 71.7 cm³/mol. The van der Waals surface area contributed by atoms with E-state index in [4.69, 9.17) is 21.8 Å². The van der Waals surface area contributed by atoms with Gasteiger partial charge in [0.15, 0.2) is 0 Å². The highest BCUT2D eigenvalue weighted by Gasteiger charge is 2.13. The molecule has 0 atom stereocenters. The van der Waals surface area contributed by atoms with Crippen LogP contribution in [0.5, 0.6) is 0 Å². The van der Waals surface area contributed by atoms with E-state index in [1.807, 2.05) is 19.1 Å². The van der Waals surface area contributed by atoms with Crippen LogP contribution in [0.2, 0.25) is 5.02 Å². The summed E-state index contributed by atoms with van der Waals surface area (Å²) in [5.74, 6) is 1.37. The SMILES string of the molecule is Cc1ccc(Cn2c(N)nc3cc(F)c(Cl)cc32)o1. The fraction of sp³-hybridized carbons (Fsp3) is 0.154. The number of hydrogen-bond acceptors (Lipinski definition) is 3. The molecule has 0 amide bonds. The van der Waals surface area contributed by atoms with Crippen LogP contribution in [0.4, 0.5) is 10.3 Å². The Hall–Kier alpha value is -2.01. The Labute approximate surface area is 113 Å². The van der Waals surface area contributed by atoms with E-state index < -0.39 is 5.82 Å². The van der Waals surface area contributed by atoms with Gasteiger partial charge in [-0.05, 0) is 25.1 Å². The second-order valence-corrected chi connectivity index (χ2v) is 4.73. The molecule has 4 nitrogen and oxygen atoms in total. The van der Waals surface area contributed by atoms with Crippen molar-refractivity contribution in [1.29, 1.82) is 0 Å². The highest BCUT2D eigenvalue weighted by atomic mass is 35.5. The van der Waals surface area contributed by atoms with Crippen LogP contribution in [0, 0.1) is 12.7 Å². The van der Waals surface area contributed by atoms with Crippen LogP contribution >= 0.6 is 11.6 Å². The fourth-order valence-electron chi connectivity index (χ4n) is 2.03. The third kappa shape index (κ3) is 2.06. The molecule has 19 heavy (non-hydrogen) atoms. The molecule has 0 bridgehead atoms. The number of nitrogens with zero attached hydrogens (tertiary/aromatic N) is 2. The molecule has 0 aliphatic heterocycles. The maximum atomic E-state index is 13.4. The number of furan rings is 1. The zero-order valence-corrected chi connectivity index (χ0v) is 10.9. The summed E-state index contributed by atoms with van der Waals surface area (Å²) in [5, 5.41) is 0.0456. The van der Waals surface area contributed by atoms with Gasteiger partial charge in [0, 0.05) is 6.07 Å². The number of anilines is 1. The molecule has 98 valence electrons. The van der Waals surface area contributed by atoms with E-state index in [9.17, 15) is 4.39 Å². The van der Waals surface area contributed by atoms with E-state index in [1.165, 1.54) is 12.1 Å². The number of imidazole rings is 1. The van der Waals surface area contributed by atoms with E-state index in [-0.39, 0.29) is 5.02 Å². The molecule has 0 radical (unpaired) electrons. The van der Waals surface area contributed by atoms with Crippen LogP contribution < -0.4 is 5.73 Å². The average molecular weight is 280 g/mol. The first-order valence-corrected chi connectivity index (χ1v) is 6.08. The van der Waals surface area contributed by atoms with Crippen LogP contribution in [-0.4, -0.2) is 9.55 Å². The Kier molecular flexibility index (Phi) is 2.71. The van der Waals surface area contributed by atoms with Gasteiger partial charge in [-0.3, -0.25) is 0 Å². The van der Waals surface area contributed by atoms with Gasteiger partial charge in [0.2, 0.25) is 5.95 Å². The maximum absolute atomic E-state index is 13.4. The molecule has 0 fully saturated rings. The molecular weight excluding hydrogens is 269 g/mol. The molecule has 2 heterocycles. The fourth-order valence-corrected chi connectivity index (χ4v) is 2.19. The average Bonchev–Trinajstić information content (AvgIpc) is 2.87. The zero-order valence-electron chi connectivity index (χ0n) is 10.2. The molecule has 0 aliphatic rings. The minimum absolute atomic E-state index is 0.0456. The van der Waals surface area contributed by atoms with Gasteiger partial charge in [-0.2, -0.15) is 0 Å². The van der Waals surface area contributed by atoms with Crippen LogP contribution in [0.25, 0.3) is 11.0 Å². The van der Waals surface area contributed by atoms with Gasteiger partial charge in [-0.15, -0.1) is 0 Å². The lowest BCUT2D eigenvalue weighted by molar-refractivity contribution is 0.473. The van der Waals surface area contributed by atoms with Crippen molar-refractivity contribution in [2.45, 2.75) is 13.5 Å². The van der Waals surface area contributed by atoms with Crippen molar-refractivity contribution in [2.75, 3.05) is 5.73 Å². The normalized spacial score (nSPS) is 11.3. The quantitative estimate of drug-likeness (QED) is 0.782. The Balaban J connectivity index is 2.12. The van der Waals surface area contributed by atoms with E-state index in [2.05, 4.69) is 4.98 Å². The number of aryl methyl sites for hydroxylation is 1. The molecular formula is C13H11ClFN3O. The molecule has 3 aromatic rings.